The summed E-state index contributed by atoms with van der Waals surface area (Å²) in [5.41, 5.74) is 0.289. The van der Waals surface area contributed by atoms with Crippen LogP contribution in [0.4, 0.5) is 0 Å². The molecule has 0 aromatic carbocycles. The van der Waals surface area contributed by atoms with Crippen molar-refractivity contribution in [2.75, 3.05) is 18.6 Å². The van der Waals surface area contributed by atoms with Gasteiger partial charge in [-0.2, -0.15) is 11.8 Å². The van der Waals surface area contributed by atoms with Crippen LogP contribution in [0.25, 0.3) is 0 Å². The number of rotatable bonds is 5. The van der Waals surface area contributed by atoms with E-state index < -0.39 is 5.60 Å². The molecule has 0 aliphatic carbocycles. The molecule has 94 valence electrons. The molecule has 2 N–H and O–H groups in total. The fourth-order valence-corrected chi connectivity index (χ4v) is 2.12. The van der Waals surface area contributed by atoms with Gasteiger partial charge in [-0.1, -0.05) is 6.07 Å². The number of amides is 1. The number of pyridine rings is 1. The number of nitrogens with one attached hydrogen (secondary N) is 1. The van der Waals surface area contributed by atoms with E-state index in [-0.39, 0.29) is 12.5 Å². The van der Waals surface area contributed by atoms with Crippen molar-refractivity contribution < 1.29 is 9.90 Å². The molecular weight excluding hydrogens is 236 g/mol. The maximum atomic E-state index is 11.8. The van der Waals surface area contributed by atoms with Crippen LogP contribution in [0.5, 0.6) is 0 Å². The molecule has 0 spiro atoms. The SMILES string of the molecule is CSC[C@](C)(O)CNC(=O)c1cccc(C)n1. The summed E-state index contributed by atoms with van der Waals surface area (Å²) in [5.74, 6) is 0.323. The first-order valence-corrected chi connectivity index (χ1v) is 6.77. The molecule has 1 aromatic rings. The van der Waals surface area contributed by atoms with Crippen LogP contribution in [0.2, 0.25) is 0 Å². The van der Waals surface area contributed by atoms with Crippen LogP contribution in [0.3, 0.4) is 0 Å². The molecule has 0 unspecified atom stereocenters. The van der Waals surface area contributed by atoms with Gasteiger partial charge in [0.25, 0.3) is 5.91 Å². The lowest BCUT2D eigenvalue weighted by Gasteiger charge is -2.22. The number of hydrogen-bond acceptors (Lipinski definition) is 4. The summed E-state index contributed by atoms with van der Waals surface area (Å²) >= 11 is 1.54. The highest BCUT2D eigenvalue weighted by Crippen LogP contribution is 2.09. The molecule has 1 atom stereocenters. The van der Waals surface area contributed by atoms with Gasteiger partial charge >= 0.3 is 0 Å². The molecule has 1 aromatic heterocycles. The van der Waals surface area contributed by atoms with Crippen LogP contribution < -0.4 is 5.32 Å². The van der Waals surface area contributed by atoms with Gasteiger partial charge < -0.3 is 10.4 Å². The van der Waals surface area contributed by atoms with Crippen LogP contribution in [0.15, 0.2) is 18.2 Å². The Morgan fingerprint density at radius 1 is 1.59 bits per heavy atom. The molecule has 0 radical (unpaired) electrons. The first-order chi connectivity index (χ1) is 7.94. The molecule has 0 fully saturated rings. The number of thioether (sulfide) groups is 1. The van der Waals surface area contributed by atoms with E-state index in [1.54, 1.807) is 30.8 Å². The molecular formula is C12H18N2O2S. The summed E-state index contributed by atoms with van der Waals surface area (Å²) in [7, 11) is 0. The van der Waals surface area contributed by atoms with Crippen LogP contribution in [0.1, 0.15) is 23.1 Å². The monoisotopic (exact) mass is 254 g/mol. The van der Waals surface area contributed by atoms with Gasteiger partial charge in [0.1, 0.15) is 5.69 Å². The number of aryl methyl sites for hydroxylation is 1. The minimum atomic E-state index is -0.890. The van der Waals surface area contributed by atoms with Gasteiger partial charge in [0.05, 0.1) is 5.60 Å². The maximum Gasteiger partial charge on any atom is 0.269 e. The molecule has 1 rings (SSSR count). The third-order valence-corrected chi connectivity index (χ3v) is 3.12. The highest BCUT2D eigenvalue weighted by molar-refractivity contribution is 7.98. The van der Waals surface area contributed by atoms with E-state index in [1.807, 2.05) is 19.2 Å². The summed E-state index contributed by atoms with van der Waals surface area (Å²) < 4.78 is 0. The van der Waals surface area contributed by atoms with E-state index in [9.17, 15) is 9.90 Å². The molecule has 5 heteroatoms. The lowest BCUT2D eigenvalue weighted by atomic mass is 10.1. The van der Waals surface area contributed by atoms with Crippen LogP contribution in [-0.4, -0.2) is 40.2 Å². The second kappa shape index (κ2) is 6.02. The fraction of sp³-hybridized carbons (Fsp3) is 0.500. The van der Waals surface area contributed by atoms with Gasteiger partial charge in [-0.15, -0.1) is 0 Å². The zero-order chi connectivity index (χ0) is 12.9. The third-order valence-electron chi connectivity index (χ3n) is 2.21. The van der Waals surface area contributed by atoms with Crippen molar-refractivity contribution in [3.63, 3.8) is 0 Å². The normalized spacial score (nSPS) is 14.1. The number of hydrogen-bond donors (Lipinski definition) is 2. The van der Waals surface area contributed by atoms with Crippen molar-refractivity contribution in [1.82, 2.24) is 10.3 Å². The number of carbonyl (C=O) groups is 1. The highest BCUT2D eigenvalue weighted by atomic mass is 32.2. The second-order valence-corrected chi connectivity index (χ2v) is 5.14. The molecule has 17 heavy (non-hydrogen) atoms. The molecule has 1 heterocycles. The second-order valence-electron chi connectivity index (χ2n) is 4.28. The van der Waals surface area contributed by atoms with E-state index in [0.29, 0.717) is 11.4 Å². The minimum Gasteiger partial charge on any atom is -0.387 e. The number of aliphatic hydroxyl groups is 1. The Hall–Kier alpha value is -1.07. The Kier molecular flexibility index (Phi) is 4.96. The molecule has 4 nitrogen and oxygen atoms in total. The Balaban J connectivity index is 2.56. The first kappa shape index (κ1) is 14.0. The summed E-state index contributed by atoms with van der Waals surface area (Å²) in [5, 5.41) is 12.6. The van der Waals surface area contributed by atoms with Gasteiger partial charge in [-0.05, 0) is 32.2 Å². The van der Waals surface area contributed by atoms with Crippen molar-refractivity contribution in [2.45, 2.75) is 19.4 Å². The van der Waals surface area contributed by atoms with E-state index in [2.05, 4.69) is 10.3 Å². The minimum absolute atomic E-state index is 0.224. The topological polar surface area (TPSA) is 62.2 Å². The quantitative estimate of drug-likeness (QED) is 0.829. The van der Waals surface area contributed by atoms with E-state index in [0.717, 1.165) is 5.69 Å². The third kappa shape index (κ3) is 4.75. The van der Waals surface area contributed by atoms with Crippen LogP contribution >= 0.6 is 11.8 Å². The summed E-state index contributed by atoms with van der Waals surface area (Å²) in [6, 6.07) is 5.28. The van der Waals surface area contributed by atoms with Gasteiger partial charge in [0, 0.05) is 18.0 Å². The largest absolute Gasteiger partial charge is 0.387 e. The Bertz CT molecular complexity index is 394. The highest BCUT2D eigenvalue weighted by Gasteiger charge is 2.21. The summed E-state index contributed by atoms with van der Waals surface area (Å²) in [6.07, 6.45) is 1.92. The molecule has 0 saturated carbocycles. The Labute approximate surface area is 106 Å². The van der Waals surface area contributed by atoms with Gasteiger partial charge in [-0.3, -0.25) is 4.79 Å². The average molecular weight is 254 g/mol. The van der Waals surface area contributed by atoms with Crippen molar-refractivity contribution >= 4 is 17.7 Å². The van der Waals surface area contributed by atoms with Crippen LogP contribution in [-0.2, 0) is 0 Å². The zero-order valence-corrected chi connectivity index (χ0v) is 11.2. The van der Waals surface area contributed by atoms with Gasteiger partial charge in [-0.25, -0.2) is 4.98 Å². The van der Waals surface area contributed by atoms with Gasteiger partial charge in [0.2, 0.25) is 0 Å². The Morgan fingerprint density at radius 2 is 2.29 bits per heavy atom. The molecule has 0 saturated heterocycles. The summed E-state index contributed by atoms with van der Waals surface area (Å²) in [6.45, 7) is 3.76. The lowest BCUT2D eigenvalue weighted by molar-refractivity contribution is 0.0722. The van der Waals surface area contributed by atoms with E-state index >= 15 is 0 Å². The Morgan fingerprint density at radius 3 is 2.88 bits per heavy atom. The van der Waals surface area contributed by atoms with Crippen LogP contribution in [0, 0.1) is 6.92 Å². The zero-order valence-electron chi connectivity index (χ0n) is 10.4. The fourth-order valence-electron chi connectivity index (χ4n) is 1.39. The standard InChI is InChI=1S/C12H18N2O2S/c1-9-5-4-6-10(14-9)11(15)13-7-12(2,16)8-17-3/h4-6,16H,7-8H2,1-3H3,(H,13,15)/t12-/m1/s1. The smallest absolute Gasteiger partial charge is 0.269 e. The number of carbonyl (C=O) groups excluding carboxylic acids is 1. The van der Waals surface area contributed by atoms with E-state index in [4.69, 9.17) is 0 Å². The predicted molar refractivity (Wildman–Crippen MR) is 70.3 cm³/mol. The first-order valence-electron chi connectivity index (χ1n) is 5.38. The lowest BCUT2D eigenvalue weighted by Crippen LogP contribution is -2.42. The molecule has 0 aliphatic heterocycles. The maximum absolute atomic E-state index is 11.8. The van der Waals surface area contributed by atoms with E-state index in [1.165, 1.54) is 0 Å². The van der Waals surface area contributed by atoms with Crippen molar-refractivity contribution in [1.29, 1.82) is 0 Å². The molecule has 1 amide bonds. The predicted octanol–water partition coefficient (Wildman–Crippen LogP) is 1.23. The molecule has 0 bridgehead atoms. The van der Waals surface area contributed by atoms with Crippen molar-refractivity contribution in [3.8, 4) is 0 Å². The van der Waals surface area contributed by atoms with Gasteiger partial charge in [0.15, 0.2) is 0 Å². The molecule has 0 aliphatic rings. The number of nitrogens with zero attached hydrogens (tertiary/aromatic N) is 1. The summed E-state index contributed by atoms with van der Waals surface area (Å²) in [4.78, 5) is 15.9. The van der Waals surface area contributed by atoms with Crippen molar-refractivity contribution in [3.05, 3.63) is 29.6 Å². The average Bonchev–Trinajstić information content (AvgIpc) is 2.26. The van der Waals surface area contributed by atoms with Crippen molar-refractivity contribution in [2.24, 2.45) is 0 Å². The number of aromatic nitrogens is 1.